The second-order valence-corrected chi connectivity index (χ2v) is 0.726. The Labute approximate surface area is 80.4 Å². The van der Waals surface area contributed by atoms with Gasteiger partial charge in [0.2, 0.25) is 0 Å². The Hall–Kier alpha value is 0.962. The molecule has 0 atom stereocenters. The van der Waals surface area contributed by atoms with Crippen molar-refractivity contribution < 1.29 is 15.4 Å². The third-order valence-electron chi connectivity index (χ3n) is 0.289. The molecule has 0 unspecified atom stereocenters. The monoisotopic (exact) mass is 138 g/mol. The molecule has 0 fully saturated rings. The number of hydrogen-bond donors (Lipinski definition) is 0. The molecule has 0 aliphatic carbocycles. The maximum absolute atomic E-state index is 9.26. The van der Waals surface area contributed by atoms with Crippen molar-refractivity contribution in [2.45, 2.75) is 13.3 Å². The Balaban J connectivity index is -0.0000000267. The first-order valence-corrected chi connectivity index (χ1v) is 1.47. The molecule has 0 rings (SSSR count). The van der Waals surface area contributed by atoms with Crippen LogP contribution in [0.3, 0.4) is 0 Å². The van der Waals surface area contributed by atoms with E-state index in [0.29, 0.717) is 0 Å². The summed E-state index contributed by atoms with van der Waals surface area (Å²) in [6, 6.07) is 0. The Morgan fingerprint density at radius 2 is 1.62 bits per heavy atom. The summed E-state index contributed by atoms with van der Waals surface area (Å²) in [5, 5.41) is 9.26. The molecule has 38 valence electrons. The molecule has 0 radical (unpaired) electrons. The summed E-state index contributed by atoms with van der Waals surface area (Å²) in [6.07, 6.45) is 0.111. The van der Waals surface area contributed by atoms with E-state index in [1.165, 1.54) is 6.92 Å². The van der Waals surface area contributed by atoms with Crippen LogP contribution in [0.2, 0.25) is 0 Å². The van der Waals surface area contributed by atoms with Gasteiger partial charge in [0.05, 0.1) is 0 Å². The third-order valence-corrected chi connectivity index (χ3v) is 0.289. The fraction of sp³-hybridized carbons (Fsp3) is 0.667. The normalized spacial score (nSPS) is 4.62. The maximum atomic E-state index is 9.26. The number of carbonyl (C=O) groups is 1. The summed E-state index contributed by atoms with van der Waals surface area (Å²) >= 11 is 0. The van der Waals surface area contributed by atoms with Gasteiger partial charge >= 0.3 is 46.1 Å². The zero-order chi connectivity index (χ0) is 4.28. The zero-order valence-corrected chi connectivity index (χ0v) is 7.71. The minimum absolute atomic E-state index is 0. The first kappa shape index (κ1) is 23.1. The number of aliphatic carboxylic acids is 1. The molecule has 0 amide bonds. The number of rotatable bonds is 1. The Bertz CT molecular complexity index is 47.8. The van der Waals surface area contributed by atoms with Gasteiger partial charge in [0, 0.05) is 5.97 Å². The second kappa shape index (κ2) is 15.7. The molecule has 0 aromatic heterocycles. The van der Waals surface area contributed by atoms with Crippen molar-refractivity contribution in [1.29, 1.82) is 0 Å². The standard InChI is InChI=1S/C3H6O2.2Mg.H2O/c1-2-3(4)5;;;/h2H2,1H3,(H,4,5);;;1H2/q;2*+2;/p-2. The molecule has 0 aromatic rings. The van der Waals surface area contributed by atoms with Crippen LogP contribution >= 0.6 is 0 Å². The van der Waals surface area contributed by atoms with Gasteiger partial charge in [-0.15, -0.1) is 0 Å². The van der Waals surface area contributed by atoms with E-state index in [1.807, 2.05) is 0 Å². The molecule has 0 aliphatic rings. The third kappa shape index (κ3) is 28.2. The molecule has 1 N–H and O–H groups in total. The van der Waals surface area contributed by atoms with Crippen molar-refractivity contribution in [3.63, 3.8) is 0 Å². The first-order valence-electron chi connectivity index (χ1n) is 1.47. The van der Waals surface area contributed by atoms with Crippen LogP contribution in [0.4, 0.5) is 0 Å². The van der Waals surface area contributed by atoms with Crippen molar-refractivity contribution in [2.75, 3.05) is 0 Å². The number of carboxylic acid groups (broad SMARTS) is 1. The topological polar surface area (TPSA) is 70.1 Å². The van der Waals surface area contributed by atoms with Crippen LogP contribution in [0.5, 0.6) is 0 Å². The Kier molecular flexibility index (Phi) is 45.2. The van der Waals surface area contributed by atoms with Crippen molar-refractivity contribution in [3.8, 4) is 0 Å². The van der Waals surface area contributed by atoms with Crippen LogP contribution in [-0.2, 0) is 4.79 Å². The average Bonchev–Trinajstić information content (AvgIpc) is 1.38. The predicted octanol–water partition coefficient (Wildman–Crippen LogP) is -1.79. The van der Waals surface area contributed by atoms with E-state index in [-0.39, 0.29) is 58.0 Å². The van der Waals surface area contributed by atoms with Crippen LogP contribution in [0, 0.1) is 0 Å². The van der Waals surface area contributed by atoms with Crippen molar-refractivity contribution >= 4 is 52.1 Å². The van der Waals surface area contributed by atoms with Gasteiger partial charge in [0.25, 0.3) is 0 Å². The van der Waals surface area contributed by atoms with Gasteiger partial charge in [-0.3, -0.25) is 0 Å². The van der Waals surface area contributed by atoms with E-state index in [9.17, 15) is 9.90 Å². The van der Waals surface area contributed by atoms with Gasteiger partial charge in [-0.05, 0) is 6.42 Å². The second-order valence-electron chi connectivity index (χ2n) is 0.726. The molecule has 0 spiro atoms. The van der Waals surface area contributed by atoms with Crippen LogP contribution in [0.25, 0.3) is 0 Å². The van der Waals surface area contributed by atoms with Gasteiger partial charge in [-0.1, -0.05) is 6.92 Å². The summed E-state index contributed by atoms with van der Waals surface area (Å²) in [5.41, 5.74) is 0. The predicted molar refractivity (Wildman–Crippen MR) is 28.7 cm³/mol. The molecule has 8 heavy (non-hydrogen) atoms. The smallest absolute Gasteiger partial charge is 0.870 e. The van der Waals surface area contributed by atoms with Gasteiger partial charge in [-0.25, -0.2) is 0 Å². The number of hydrogen-bond acceptors (Lipinski definition) is 3. The quantitative estimate of drug-likeness (QED) is 0.402. The fourth-order valence-corrected chi connectivity index (χ4v) is 0. The van der Waals surface area contributed by atoms with E-state index in [2.05, 4.69) is 0 Å². The molecule has 0 saturated heterocycles. The van der Waals surface area contributed by atoms with Gasteiger partial charge < -0.3 is 15.4 Å². The van der Waals surface area contributed by atoms with E-state index in [1.54, 1.807) is 0 Å². The summed E-state index contributed by atoms with van der Waals surface area (Å²) in [5.74, 6) is -0.995. The van der Waals surface area contributed by atoms with E-state index in [4.69, 9.17) is 0 Å². The SMILES string of the molecule is CCC(=O)[O-].[Mg+2].[Mg+2].[OH-]. The average molecular weight is 139 g/mol. The molecular weight excluding hydrogens is 133 g/mol. The largest absolute Gasteiger partial charge is 2.00 e. The Morgan fingerprint density at radius 3 is 1.62 bits per heavy atom. The van der Waals surface area contributed by atoms with E-state index in [0.717, 1.165) is 0 Å². The van der Waals surface area contributed by atoms with Gasteiger partial charge in [-0.2, -0.15) is 0 Å². The molecule has 0 bridgehead atoms. The molecule has 0 saturated carbocycles. The van der Waals surface area contributed by atoms with Crippen LogP contribution in [0.15, 0.2) is 0 Å². The molecular formula is C3H6Mg2O3+2. The molecule has 0 heterocycles. The Morgan fingerprint density at radius 1 is 1.50 bits per heavy atom. The fourth-order valence-electron chi connectivity index (χ4n) is 0. The molecule has 5 heteroatoms. The minimum Gasteiger partial charge on any atom is -0.870 e. The summed E-state index contributed by atoms with van der Waals surface area (Å²) in [6.45, 7) is 1.54. The minimum atomic E-state index is -0.995. The summed E-state index contributed by atoms with van der Waals surface area (Å²) < 4.78 is 0. The number of carbonyl (C=O) groups excluding carboxylic acids is 1. The summed E-state index contributed by atoms with van der Waals surface area (Å²) in [4.78, 5) is 9.26. The van der Waals surface area contributed by atoms with E-state index >= 15 is 0 Å². The van der Waals surface area contributed by atoms with Crippen molar-refractivity contribution in [2.24, 2.45) is 0 Å². The van der Waals surface area contributed by atoms with E-state index < -0.39 is 5.97 Å². The molecule has 3 nitrogen and oxygen atoms in total. The number of carboxylic acids is 1. The zero-order valence-electron chi connectivity index (χ0n) is 4.89. The molecule has 0 aliphatic heterocycles. The summed E-state index contributed by atoms with van der Waals surface area (Å²) in [7, 11) is 0. The first-order chi connectivity index (χ1) is 2.27. The van der Waals surface area contributed by atoms with Crippen LogP contribution in [-0.4, -0.2) is 57.6 Å². The molecule has 0 aromatic carbocycles. The van der Waals surface area contributed by atoms with Crippen molar-refractivity contribution in [3.05, 3.63) is 0 Å². The van der Waals surface area contributed by atoms with Crippen molar-refractivity contribution in [1.82, 2.24) is 0 Å². The van der Waals surface area contributed by atoms with Gasteiger partial charge in [0.1, 0.15) is 0 Å². The van der Waals surface area contributed by atoms with Crippen LogP contribution < -0.4 is 5.11 Å². The maximum Gasteiger partial charge on any atom is 2.00 e. The van der Waals surface area contributed by atoms with Gasteiger partial charge in [0.15, 0.2) is 0 Å². The van der Waals surface area contributed by atoms with Crippen LogP contribution in [0.1, 0.15) is 13.3 Å².